The molecule has 0 aromatic rings. The van der Waals surface area contributed by atoms with Crippen molar-refractivity contribution < 1.29 is 19.4 Å². The number of hydrogen-bond donors (Lipinski definition) is 1. The molecular weight excluding hydrogens is 184 g/mol. The molecule has 0 aliphatic carbocycles. The van der Waals surface area contributed by atoms with Crippen molar-refractivity contribution in [2.75, 3.05) is 6.61 Å². The van der Waals surface area contributed by atoms with Crippen LogP contribution in [0.5, 0.6) is 0 Å². The lowest BCUT2D eigenvalue weighted by molar-refractivity contribution is -0.255. The summed E-state index contributed by atoms with van der Waals surface area (Å²) in [6, 6.07) is 0. The molecule has 0 aliphatic rings. The SMILES string of the molecule is C=CC(=O)OC(C)(OCCC)C(C)O. The second kappa shape index (κ2) is 5.78. The molecule has 0 saturated carbocycles. The van der Waals surface area contributed by atoms with Gasteiger partial charge in [0.15, 0.2) is 0 Å². The van der Waals surface area contributed by atoms with Crippen LogP contribution in [0.25, 0.3) is 0 Å². The lowest BCUT2D eigenvalue weighted by atomic mass is 10.2. The van der Waals surface area contributed by atoms with E-state index in [4.69, 9.17) is 9.47 Å². The molecule has 0 heterocycles. The summed E-state index contributed by atoms with van der Waals surface area (Å²) in [5, 5.41) is 9.41. The Labute approximate surface area is 84.5 Å². The first-order chi connectivity index (χ1) is 6.46. The van der Waals surface area contributed by atoms with E-state index < -0.39 is 17.9 Å². The standard InChI is InChI=1S/C10H18O4/c1-5-7-13-10(4,8(3)11)14-9(12)6-2/h6,8,11H,2,5,7H2,1,3-4H3. The number of aliphatic hydroxyl groups is 1. The van der Waals surface area contributed by atoms with E-state index in [1.54, 1.807) is 0 Å². The summed E-state index contributed by atoms with van der Waals surface area (Å²) in [7, 11) is 0. The van der Waals surface area contributed by atoms with E-state index in [0.29, 0.717) is 6.61 Å². The molecule has 0 rings (SSSR count). The molecule has 1 N–H and O–H groups in total. The maximum absolute atomic E-state index is 11.0. The molecular formula is C10H18O4. The van der Waals surface area contributed by atoms with E-state index in [2.05, 4.69) is 6.58 Å². The first-order valence-electron chi connectivity index (χ1n) is 4.63. The van der Waals surface area contributed by atoms with Gasteiger partial charge in [-0.05, 0) is 13.3 Å². The molecule has 0 fully saturated rings. The zero-order chi connectivity index (χ0) is 11.2. The Morgan fingerprint density at radius 1 is 1.71 bits per heavy atom. The number of hydrogen-bond acceptors (Lipinski definition) is 4. The number of esters is 1. The number of rotatable bonds is 6. The molecule has 2 atom stereocenters. The highest BCUT2D eigenvalue weighted by atomic mass is 16.7. The predicted octanol–water partition coefficient (Wildman–Crippen LogP) is 1.24. The molecule has 4 nitrogen and oxygen atoms in total. The Bertz CT molecular complexity index is 200. The van der Waals surface area contributed by atoms with E-state index in [1.165, 1.54) is 13.8 Å². The highest BCUT2D eigenvalue weighted by Crippen LogP contribution is 2.18. The number of carbonyl (C=O) groups is 1. The van der Waals surface area contributed by atoms with Crippen LogP contribution in [0.2, 0.25) is 0 Å². The van der Waals surface area contributed by atoms with Crippen molar-refractivity contribution in [2.45, 2.75) is 39.1 Å². The zero-order valence-corrected chi connectivity index (χ0v) is 8.95. The van der Waals surface area contributed by atoms with E-state index in [-0.39, 0.29) is 0 Å². The van der Waals surface area contributed by atoms with Crippen molar-refractivity contribution in [1.29, 1.82) is 0 Å². The summed E-state index contributed by atoms with van der Waals surface area (Å²) >= 11 is 0. The van der Waals surface area contributed by atoms with Crippen LogP contribution in [-0.4, -0.2) is 29.6 Å². The first kappa shape index (κ1) is 13.1. The van der Waals surface area contributed by atoms with Crippen LogP contribution in [-0.2, 0) is 14.3 Å². The predicted molar refractivity (Wildman–Crippen MR) is 52.6 cm³/mol. The maximum Gasteiger partial charge on any atom is 0.332 e. The fraction of sp³-hybridized carbons (Fsp3) is 0.700. The Morgan fingerprint density at radius 3 is 2.64 bits per heavy atom. The summed E-state index contributed by atoms with van der Waals surface area (Å²) in [6.45, 7) is 8.65. The number of ether oxygens (including phenoxy) is 2. The van der Waals surface area contributed by atoms with Crippen molar-refractivity contribution >= 4 is 5.97 Å². The topological polar surface area (TPSA) is 55.8 Å². The normalized spacial score (nSPS) is 16.9. The Kier molecular flexibility index (Phi) is 5.42. The van der Waals surface area contributed by atoms with Gasteiger partial charge in [0.1, 0.15) is 6.10 Å². The first-order valence-corrected chi connectivity index (χ1v) is 4.63. The Hall–Kier alpha value is -0.870. The second-order valence-electron chi connectivity index (χ2n) is 3.17. The molecule has 2 unspecified atom stereocenters. The van der Waals surface area contributed by atoms with Gasteiger partial charge >= 0.3 is 5.97 Å². The van der Waals surface area contributed by atoms with Crippen LogP contribution in [0.4, 0.5) is 0 Å². The van der Waals surface area contributed by atoms with Crippen molar-refractivity contribution in [3.8, 4) is 0 Å². The summed E-state index contributed by atoms with van der Waals surface area (Å²) < 4.78 is 10.2. The molecule has 0 aromatic carbocycles. The molecule has 14 heavy (non-hydrogen) atoms. The molecule has 0 aromatic heterocycles. The molecule has 0 radical (unpaired) electrons. The molecule has 0 spiro atoms. The van der Waals surface area contributed by atoms with E-state index in [1.807, 2.05) is 6.92 Å². The molecule has 0 aliphatic heterocycles. The molecule has 0 amide bonds. The van der Waals surface area contributed by atoms with Gasteiger partial charge in [-0.1, -0.05) is 13.5 Å². The zero-order valence-electron chi connectivity index (χ0n) is 8.95. The summed E-state index contributed by atoms with van der Waals surface area (Å²) in [6.07, 6.45) is 0.933. The largest absolute Gasteiger partial charge is 0.427 e. The van der Waals surface area contributed by atoms with Gasteiger partial charge in [0.25, 0.3) is 0 Å². The third-order valence-corrected chi connectivity index (χ3v) is 1.82. The summed E-state index contributed by atoms with van der Waals surface area (Å²) in [4.78, 5) is 11.0. The van der Waals surface area contributed by atoms with Gasteiger partial charge in [-0.25, -0.2) is 4.79 Å². The van der Waals surface area contributed by atoms with Gasteiger partial charge in [0.05, 0.1) is 6.61 Å². The minimum absolute atomic E-state index is 0.422. The van der Waals surface area contributed by atoms with Crippen LogP contribution in [0.1, 0.15) is 27.2 Å². The maximum atomic E-state index is 11.0. The van der Waals surface area contributed by atoms with Crippen LogP contribution >= 0.6 is 0 Å². The summed E-state index contributed by atoms with van der Waals surface area (Å²) in [5.74, 6) is -1.90. The number of carbonyl (C=O) groups excluding carboxylic acids is 1. The fourth-order valence-electron chi connectivity index (χ4n) is 0.781. The van der Waals surface area contributed by atoms with Gasteiger partial charge in [-0.15, -0.1) is 0 Å². The minimum atomic E-state index is -1.29. The van der Waals surface area contributed by atoms with E-state index >= 15 is 0 Å². The smallest absolute Gasteiger partial charge is 0.332 e. The third kappa shape index (κ3) is 3.89. The lowest BCUT2D eigenvalue weighted by Crippen LogP contribution is -2.44. The lowest BCUT2D eigenvalue weighted by Gasteiger charge is -2.31. The second-order valence-corrected chi connectivity index (χ2v) is 3.17. The summed E-state index contributed by atoms with van der Waals surface area (Å²) in [5.41, 5.74) is 0. The van der Waals surface area contributed by atoms with Crippen molar-refractivity contribution in [2.24, 2.45) is 0 Å². The Morgan fingerprint density at radius 2 is 2.29 bits per heavy atom. The van der Waals surface area contributed by atoms with Crippen LogP contribution in [0, 0.1) is 0 Å². The third-order valence-electron chi connectivity index (χ3n) is 1.82. The van der Waals surface area contributed by atoms with Crippen molar-refractivity contribution in [1.82, 2.24) is 0 Å². The van der Waals surface area contributed by atoms with Gasteiger partial charge in [-0.3, -0.25) is 0 Å². The number of aliphatic hydroxyl groups excluding tert-OH is 1. The van der Waals surface area contributed by atoms with Crippen LogP contribution in [0.15, 0.2) is 12.7 Å². The fourth-order valence-corrected chi connectivity index (χ4v) is 0.781. The van der Waals surface area contributed by atoms with E-state index in [9.17, 15) is 9.90 Å². The van der Waals surface area contributed by atoms with Crippen LogP contribution < -0.4 is 0 Å². The Balaban J connectivity index is 4.38. The van der Waals surface area contributed by atoms with Crippen molar-refractivity contribution in [3.63, 3.8) is 0 Å². The van der Waals surface area contributed by atoms with Crippen LogP contribution in [0.3, 0.4) is 0 Å². The highest BCUT2D eigenvalue weighted by molar-refractivity contribution is 5.81. The molecule has 4 heteroatoms. The average molecular weight is 202 g/mol. The van der Waals surface area contributed by atoms with Gasteiger partial charge < -0.3 is 14.6 Å². The molecule has 0 bridgehead atoms. The minimum Gasteiger partial charge on any atom is -0.427 e. The van der Waals surface area contributed by atoms with E-state index in [0.717, 1.165) is 12.5 Å². The van der Waals surface area contributed by atoms with Gasteiger partial charge in [-0.2, -0.15) is 0 Å². The monoisotopic (exact) mass is 202 g/mol. The average Bonchev–Trinajstić information content (AvgIpc) is 2.14. The van der Waals surface area contributed by atoms with Crippen molar-refractivity contribution in [3.05, 3.63) is 12.7 Å². The molecule has 0 saturated heterocycles. The quantitative estimate of drug-likeness (QED) is 0.400. The highest BCUT2D eigenvalue weighted by Gasteiger charge is 2.34. The van der Waals surface area contributed by atoms with Gasteiger partial charge in [0.2, 0.25) is 5.79 Å². The molecule has 82 valence electrons. The van der Waals surface area contributed by atoms with Gasteiger partial charge in [0, 0.05) is 13.0 Å².